The van der Waals surface area contributed by atoms with Crippen LogP contribution in [0.3, 0.4) is 0 Å². The molecule has 1 aromatic heterocycles. The van der Waals surface area contributed by atoms with E-state index in [1.165, 1.54) is 0 Å². The van der Waals surface area contributed by atoms with Crippen LogP contribution in [0.2, 0.25) is 0 Å². The first kappa shape index (κ1) is 30.4. The van der Waals surface area contributed by atoms with E-state index < -0.39 is 17.7 Å². The Balaban J connectivity index is 1.53. The monoisotopic (exact) mass is 571 g/mol. The van der Waals surface area contributed by atoms with Crippen LogP contribution in [-0.4, -0.2) is 53.9 Å². The molecule has 4 rings (SSSR count). The predicted molar refractivity (Wildman–Crippen MR) is 158 cm³/mol. The molecule has 0 radical (unpaired) electrons. The van der Waals surface area contributed by atoms with Gasteiger partial charge in [0.2, 0.25) is 5.91 Å². The molecule has 2 heterocycles. The lowest BCUT2D eigenvalue weighted by atomic mass is 9.81. The van der Waals surface area contributed by atoms with E-state index in [1.54, 1.807) is 11.0 Å². The minimum atomic E-state index is -1.04. The molecule has 8 nitrogen and oxygen atoms in total. The average Bonchev–Trinajstić information content (AvgIpc) is 3.50. The molecule has 2 amide bonds. The van der Waals surface area contributed by atoms with E-state index in [-0.39, 0.29) is 34.2 Å². The molecule has 9 heteroatoms. The molecule has 0 spiro atoms. The van der Waals surface area contributed by atoms with E-state index in [9.17, 15) is 19.5 Å². The number of rotatable bonds is 6. The van der Waals surface area contributed by atoms with Crippen LogP contribution in [0.15, 0.2) is 6.07 Å². The Bertz CT molecular complexity index is 1140. The lowest BCUT2D eigenvalue weighted by molar-refractivity contribution is -0.124. The Morgan fingerprint density at radius 3 is 2.38 bits per heavy atom. The Labute approximate surface area is 242 Å². The van der Waals surface area contributed by atoms with Gasteiger partial charge >= 0.3 is 12.1 Å². The summed E-state index contributed by atoms with van der Waals surface area (Å²) in [5, 5.41) is 16.4. The fourth-order valence-electron chi connectivity index (χ4n) is 6.00. The van der Waals surface area contributed by atoms with Gasteiger partial charge in [-0.2, -0.15) is 0 Å². The number of nitrogens with one attached hydrogen (secondary N) is 2. The van der Waals surface area contributed by atoms with Gasteiger partial charge in [0.25, 0.3) is 0 Å². The number of anilines is 1. The summed E-state index contributed by atoms with van der Waals surface area (Å²) in [6, 6.07) is 1.63. The van der Waals surface area contributed by atoms with Crippen molar-refractivity contribution in [3.05, 3.63) is 15.8 Å². The van der Waals surface area contributed by atoms with Crippen molar-refractivity contribution in [1.82, 2.24) is 10.6 Å². The summed E-state index contributed by atoms with van der Waals surface area (Å²) in [5.41, 5.74) is -0.237. The summed E-state index contributed by atoms with van der Waals surface area (Å²) in [6.45, 7) is 11.7. The van der Waals surface area contributed by atoms with Crippen molar-refractivity contribution < 1.29 is 24.2 Å². The second-order valence-electron chi connectivity index (χ2n) is 13.2. The molecular weight excluding hydrogens is 526 g/mol. The molecule has 40 heavy (non-hydrogen) atoms. The molecule has 3 N–H and O–H groups in total. The summed E-state index contributed by atoms with van der Waals surface area (Å²) in [7, 11) is 0. The molecular formula is C31H45N3O5S. The zero-order valence-corrected chi connectivity index (χ0v) is 25.4. The highest BCUT2D eigenvalue weighted by Gasteiger charge is 2.38. The molecule has 1 aromatic rings. The van der Waals surface area contributed by atoms with Crippen molar-refractivity contribution in [3.8, 4) is 11.8 Å². The summed E-state index contributed by atoms with van der Waals surface area (Å²) >= 11 is 1.14. The van der Waals surface area contributed by atoms with Gasteiger partial charge in [-0.25, -0.2) is 9.59 Å². The summed E-state index contributed by atoms with van der Waals surface area (Å²) in [5.74, 6) is 5.84. The SMILES string of the molecule is CC(C)(C)C#Cc1cc(N(C(=O)[C@H]2CC[C@H](C)CC2)C2CCC(NC(=O)OC3(C)CCNC3)CC2)c(C(=O)O)s1. The van der Waals surface area contributed by atoms with Gasteiger partial charge < -0.3 is 25.4 Å². The number of carbonyl (C=O) groups excluding carboxylic acids is 2. The van der Waals surface area contributed by atoms with Gasteiger partial charge in [-0.05, 0) is 97.6 Å². The highest BCUT2D eigenvalue weighted by atomic mass is 32.1. The first-order valence-corrected chi connectivity index (χ1v) is 15.6. The number of nitrogens with zero attached hydrogens (tertiary/aromatic N) is 1. The molecule has 220 valence electrons. The number of ether oxygens (including phenoxy) is 1. The van der Waals surface area contributed by atoms with Gasteiger partial charge in [0.1, 0.15) is 10.5 Å². The van der Waals surface area contributed by atoms with Crippen LogP contribution in [-0.2, 0) is 9.53 Å². The van der Waals surface area contributed by atoms with Crippen LogP contribution in [0.1, 0.15) is 107 Å². The largest absolute Gasteiger partial charge is 0.477 e. The minimum absolute atomic E-state index is 0.0278. The molecule has 2 saturated carbocycles. The highest BCUT2D eigenvalue weighted by Crippen LogP contribution is 2.39. The van der Waals surface area contributed by atoms with Gasteiger partial charge in [-0.3, -0.25) is 4.79 Å². The first-order chi connectivity index (χ1) is 18.8. The van der Waals surface area contributed by atoms with E-state index in [1.807, 2.05) is 27.7 Å². The number of carboxylic acids is 1. The third-order valence-corrected chi connectivity index (χ3v) is 9.41. The number of carbonyl (C=O) groups is 3. The summed E-state index contributed by atoms with van der Waals surface area (Å²) in [6.07, 6.45) is 6.82. The molecule has 1 aliphatic heterocycles. The summed E-state index contributed by atoms with van der Waals surface area (Å²) in [4.78, 5) is 41.7. The highest BCUT2D eigenvalue weighted by molar-refractivity contribution is 7.15. The maximum absolute atomic E-state index is 14.1. The zero-order chi connectivity index (χ0) is 29.1. The zero-order valence-electron chi connectivity index (χ0n) is 24.6. The maximum atomic E-state index is 14.1. The van der Waals surface area contributed by atoms with Crippen LogP contribution in [0.5, 0.6) is 0 Å². The van der Waals surface area contributed by atoms with Gasteiger partial charge in [-0.1, -0.05) is 18.8 Å². The topological polar surface area (TPSA) is 108 Å². The van der Waals surface area contributed by atoms with Crippen molar-refractivity contribution in [3.63, 3.8) is 0 Å². The van der Waals surface area contributed by atoms with Crippen LogP contribution < -0.4 is 15.5 Å². The predicted octanol–water partition coefficient (Wildman–Crippen LogP) is 5.79. The fraction of sp³-hybridized carbons (Fsp3) is 0.710. The Hall–Kier alpha value is -2.57. The van der Waals surface area contributed by atoms with Crippen molar-refractivity contribution in [2.75, 3.05) is 18.0 Å². The third kappa shape index (κ3) is 7.79. The smallest absolute Gasteiger partial charge is 0.407 e. The number of alkyl carbamates (subject to hydrolysis) is 1. The summed E-state index contributed by atoms with van der Waals surface area (Å²) < 4.78 is 5.71. The quantitative estimate of drug-likeness (QED) is 0.373. The number of hydrogen-bond acceptors (Lipinski definition) is 6. The van der Waals surface area contributed by atoms with Gasteiger partial charge in [0.05, 0.1) is 10.6 Å². The molecule has 0 bridgehead atoms. The Kier molecular flexibility index (Phi) is 9.51. The van der Waals surface area contributed by atoms with E-state index in [0.29, 0.717) is 48.7 Å². The number of hydrogen-bond donors (Lipinski definition) is 3. The van der Waals surface area contributed by atoms with Crippen molar-refractivity contribution in [2.45, 2.75) is 110 Å². The number of amides is 2. The van der Waals surface area contributed by atoms with Crippen LogP contribution in [0, 0.1) is 29.1 Å². The molecule has 1 atom stereocenters. The molecule has 3 aliphatic rings. The van der Waals surface area contributed by atoms with Crippen LogP contribution in [0.4, 0.5) is 10.5 Å². The molecule has 1 saturated heterocycles. The minimum Gasteiger partial charge on any atom is -0.477 e. The van der Waals surface area contributed by atoms with Gasteiger partial charge in [-0.15, -0.1) is 11.3 Å². The molecule has 3 fully saturated rings. The number of thiophene rings is 1. The van der Waals surface area contributed by atoms with Gasteiger partial charge in [0, 0.05) is 36.4 Å². The number of carboxylic acid groups (broad SMARTS) is 1. The molecule has 1 unspecified atom stereocenters. The Morgan fingerprint density at radius 2 is 1.80 bits per heavy atom. The first-order valence-electron chi connectivity index (χ1n) is 14.8. The van der Waals surface area contributed by atoms with Gasteiger partial charge in [0.15, 0.2) is 0 Å². The normalized spacial score (nSPS) is 28.7. The second-order valence-corrected chi connectivity index (χ2v) is 14.3. The van der Waals surface area contributed by atoms with E-state index in [0.717, 1.165) is 50.0 Å². The van der Waals surface area contributed by atoms with Crippen molar-refractivity contribution in [2.24, 2.45) is 17.3 Å². The second kappa shape index (κ2) is 12.5. The lowest BCUT2D eigenvalue weighted by Gasteiger charge is -2.39. The lowest BCUT2D eigenvalue weighted by Crippen LogP contribution is -2.49. The van der Waals surface area contributed by atoms with Crippen molar-refractivity contribution in [1.29, 1.82) is 0 Å². The number of aromatic carboxylic acids is 1. The fourth-order valence-corrected chi connectivity index (χ4v) is 6.84. The van der Waals surface area contributed by atoms with E-state index >= 15 is 0 Å². The standard InChI is InChI=1S/C31H45N3O5S/c1-20-6-8-21(9-7-20)27(35)34(25-18-24(14-15-30(2,3)4)40-26(25)28(36)37)23-12-10-22(11-13-23)33-29(38)39-31(5)16-17-32-19-31/h18,20-23,32H,6-13,16-17,19H2,1-5H3,(H,33,38)(H,36,37)/t20-,21-,22?,23?,31?. The maximum Gasteiger partial charge on any atom is 0.407 e. The average molecular weight is 572 g/mol. The van der Waals surface area contributed by atoms with E-state index in [4.69, 9.17) is 4.74 Å². The van der Waals surface area contributed by atoms with Crippen LogP contribution >= 0.6 is 11.3 Å². The molecule has 2 aliphatic carbocycles. The molecule has 0 aromatic carbocycles. The third-order valence-electron chi connectivity index (χ3n) is 8.38. The Morgan fingerprint density at radius 1 is 1.12 bits per heavy atom. The van der Waals surface area contributed by atoms with E-state index in [2.05, 4.69) is 29.4 Å². The van der Waals surface area contributed by atoms with Crippen molar-refractivity contribution >= 4 is 35.0 Å². The van der Waals surface area contributed by atoms with Crippen LogP contribution in [0.25, 0.3) is 0 Å².